The fourth-order valence-electron chi connectivity index (χ4n) is 2.86. The smallest absolute Gasteiger partial charge is 0.220 e. The average molecular weight is 288 g/mol. The monoisotopic (exact) mass is 288 g/mol. The quantitative estimate of drug-likeness (QED) is 0.921. The molecule has 3 nitrogen and oxygen atoms in total. The predicted molar refractivity (Wildman–Crippen MR) is 88.6 cm³/mol. The van der Waals surface area contributed by atoms with Gasteiger partial charge in [-0.1, -0.05) is 32.9 Å². The molecule has 116 valence electrons. The van der Waals surface area contributed by atoms with Crippen LogP contribution < -0.4 is 10.2 Å². The Morgan fingerprint density at radius 1 is 1.38 bits per heavy atom. The molecule has 1 heterocycles. The van der Waals surface area contributed by atoms with E-state index in [-0.39, 0.29) is 11.3 Å². The highest BCUT2D eigenvalue weighted by molar-refractivity contribution is 5.76. The van der Waals surface area contributed by atoms with E-state index in [1.165, 1.54) is 11.3 Å². The number of hydrogen-bond acceptors (Lipinski definition) is 2. The topological polar surface area (TPSA) is 32.3 Å². The van der Waals surface area contributed by atoms with Gasteiger partial charge in [-0.15, -0.1) is 0 Å². The van der Waals surface area contributed by atoms with Gasteiger partial charge in [0.15, 0.2) is 0 Å². The van der Waals surface area contributed by atoms with Gasteiger partial charge in [-0.2, -0.15) is 0 Å². The van der Waals surface area contributed by atoms with Crippen LogP contribution in [0.15, 0.2) is 24.3 Å². The van der Waals surface area contributed by atoms with Crippen LogP contribution in [0, 0.1) is 18.3 Å². The van der Waals surface area contributed by atoms with Crippen molar-refractivity contribution >= 4 is 11.6 Å². The lowest BCUT2D eigenvalue weighted by Gasteiger charge is -2.20. The van der Waals surface area contributed by atoms with Gasteiger partial charge in [0, 0.05) is 31.7 Å². The number of amides is 1. The second-order valence-corrected chi connectivity index (χ2v) is 7.48. The van der Waals surface area contributed by atoms with E-state index in [1.807, 2.05) is 0 Å². The van der Waals surface area contributed by atoms with Gasteiger partial charge in [0.25, 0.3) is 0 Å². The first kappa shape index (κ1) is 15.9. The van der Waals surface area contributed by atoms with Crippen molar-refractivity contribution in [1.82, 2.24) is 5.32 Å². The third kappa shape index (κ3) is 5.07. The molecule has 1 N–H and O–H groups in total. The van der Waals surface area contributed by atoms with Crippen LogP contribution in [0.1, 0.15) is 39.2 Å². The summed E-state index contributed by atoms with van der Waals surface area (Å²) in [4.78, 5) is 14.3. The first-order valence-electron chi connectivity index (χ1n) is 7.92. The minimum absolute atomic E-state index is 0.0629. The van der Waals surface area contributed by atoms with E-state index in [4.69, 9.17) is 0 Å². The van der Waals surface area contributed by atoms with Crippen molar-refractivity contribution in [3.05, 3.63) is 29.8 Å². The molecule has 0 radical (unpaired) electrons. The summed E-state index contributed by atoms with van der Waals surface area (Å²) in [5, 5.41) is 3.10. The summed E-state index contributed by atoms with van der Waals surface area (Å²) in [5.41, 5.74) is 2.67. The highest BCUT2D eigenvalue weighted by atomic mass is 16.1. The minimum Gasteiger partial charge on any atom is -0.371 e. The number of carbonyl (C=O) groups is 1. The van der Waals surface area contributed by atoms with E-state index in [2.05, 4.69) is 62.2 Å². The number of nitrogens with zero attached hydrogens (tertiary/aromatic N) is 1. The number of benzene rings is 1. The van der Waals surface area contributed by atoms with Crippen molar-refractivity contribution < 1.29 is 4.79 Å². The van der Waals surface area contributed by atoms with Crippen molar-refractivity contribution in [2.75, 3.05) is 24.5 Å². The maximum Gasteiger partial charge on any atom is 0.220 e. The van der Waals surface area contributed by atoms with Crippen LogP contribution in [0.3, 0.4) is 0 Å². The summed E-state index contributed by atoms with van der Waals surface area (Å²) in [6, 6.07) is 8.65. The average Bonchev–Trinajstić information content (AvgIpc) is 2.83. The number of rotatable bonds is 4. The molecule has 3 heteroatoms. The van der Waals surface area contributed by atoms with Crippen LogP contribution in [0.4, 0.5) is 5.69 Å². The Balaban J connectivity index is 1.79. The molecule has 0 saturated carbocycles. The predicted octanol–water partition coefficient (Wildman–Crippen LogP) is 3.37. The lowest BCUT2D eigenvalue weighted by Crippen LogP contribution is -2.33. The highest BCUT2D eigenvalue weighted by Gasteiger charge is 2.24. The Morgan fingerprint density at radius 3 is 2.81 bits per heavy atom. The molecule has 1 aliphatic rings. The van der Waals surface area contributed by atoms with Gasteiger partial charge >= 0.3 is 0 Å². The first-order chi connectivity index (χ1) is 9.83. The van der Waals surface area contributed by atoms with Gasteiger partial charge in [-0.3, -0.25) is 4.79 Å². The summed E-state index contributed by atoms with van der Waals surface area (Å²) in [6.07, 6.45) is 1.76. The third-order valence-electron chi connectivity index (χ3n) is 3.93. The molecule has 1 saturated heterocycles. The summed E-state index contributed by atoms with van der Waals surface area (Å²) in [5.74, 6) is 0.742. The van der Waals surface area contributed by atoms with E-state index in [0.717, 1.165) is 26.1 Å². The van der Waals surface area contributed by atoms with Crippen LogP contribution in [0.5, 0.6) is 0 Å². The zero-order valence-corrected chi connectivity index (χ0v) is 13.8. The molecule has 2 rings (SSSR count). The molecule has 21 heavy (non-hydrogen) atoms. The summed E-state index contributed by atoms with van der Waals surface area (Å²) in [7, 11) is 0. The fraction of sp³-hybridized carbons (Fsp3) is 0.611. The molecule has 0 aliphatic carbocycles. The molecular weight excluding hydrogens is 260 g/mol. The van der Waals surface area contributed by atoms with E-state index in [1.54, 1.807) is 0 Å². The molecular formula is C18H28N2O. The van der Waals surface area contributed by atoms with Gasteiger partial charge in [0.05, 0.1) is 0 Å². The summed E-state index contributed by atoms with van der Waals surface area (Å²) < 4.78 is 0. The second kappa shape index (κ2) is 6.50. The van der Waals surface area contributed by atoms with E-state index >= 15 is 0 Å². The van der Waals surface area contributed by atoms with Crippen molar-refractivity contribution in [2.24, 2.45) is 11.3 Å². The van der Waals surface area contributed by atoms with Gasteiger partial charge < -0.3 is 10.2 Å². The van der Waals surface area contributed by atoms with Gasteiger partial charge in [0.2, 0.25) is 5.91 Å². The van der Waals surface area contributed by atoms with Crippen molar-refractivity contribution in [3.63, 3.8) is 0 Å². The lowest BCUT2D eigenvalue weighted by atomic mass is 9.92. The maximum absolute atomic E-state index is 11.9. The largest absolute Gasteiger partial charge is 0.371 e. The highest BCUT2D eigenvalue weighted by Crippen LogP contribution is 2.24. The van der Waals surface area contributed by atoms with Crippen LogP contribution in [0.25, 0.3) is 0 Å². The number of nitrogens with one attached hydrogen (secondary N) is 1. The maximum atomic E-state index is 11.9. The lowest BCUT2D eigenvalue weighted by molar-refractivity contribution is -0.122. The first-order valence-corrected chi connectivity index (χ1v) is 7.92. The summed E-state index contributed by atoms with van der Waals surface area (Å²) in [6.45, 7) is 11.4. The molecule has 1 fully saturated rings. The van der Waals surface area contributed by atoms with Crippen LogP contribution in [-0.4, -0.2) is 25.5 Å². The van der Waals surface area contributed by atoms with Crippen molar-refractivity contribution in [3.8, 4) is 0 Å². The third-order valence-corrected chi connectivity index (χ3v) is 3.93. The standard InChI is InChI=1S/C18H28N2O/c1-14-6-5-7-16(10-14)20-9-8-15(13-20)12-19-17(21)11-18(2,3)4/h5-7,10,15H,8-9,11-13H2,1-4H3,(H,19,21). The molecule has 1 aromatic carbocycles. The molecule has 0 bridgehead atoms. The molecule has 1 aliphatic heterocycles. The summed E-state index contributed by atoms with van der Waals surface area (Å²) >= 11 is 0. The number of hydrogen-bond donors (Lipinski definition) is 1. The Labute approximate surface area is 128 Å². The number of carbonyl (C=O) groups excluding carboxylic acids is 1. The van der Waals surface area contributed by atoms with Gasteiger partial charge in [-0.05, 0) is 42.4 Å². The zero-order valence-electron chi connectivity index (χ0n) is 13.8. The van der Waals surface area contributed by atoms with Crippen molar-refractivity contribution in [2.45, 2.75) is 40.5 Å². The molecule has 1 amide bonds. The SMILES string of the molecule is Cc1cccc(N2CCC(CNC(=O)CC(C)(C)C)C2)c1. The Kier molecular flexibility index (Phi) is 4.92. The van der Waals surface area contributed by atoms with E-state index in [0.29, 0.717) is 12.3 Å². The van der Waals surface area contributed by atoms with Crippen LogP contribution in [-0.2, 0) is 4.79 Å². The molecule has 1 unspecified atom stereocenters. The van der Waals surface area contributed by atoms with Gasteiger partial charge in [0.1, 0.15) is 0 Å². The molecule has 0 spiro atoms. The Morgan fingerprint density at radius 2 is 2.14 bits per heavy atom. The normalized spacial score (nSPS) is 18.9. The van der Waals surface area contributed by atoms with Crippen LogP contribution >= 0.6 is 0 Å². The second-order valence-electron chi connectivity index (χ2n) is 7.48. The Bertz CT molecular complexity index is 490. The number of anilines is 1. The Hall–Kier alpha value is -1.51. The van der Waals surface area contributed by atoms with Crippen molar-refractivity contribution in [1.29, 1.82) is 0 Å². The van der Waals surface area contributed by atoms with E-state index in [9.17, 15) is 4.79 Å². The molecule has 1 atom stereocenters. The number of aryl methyl sites for hydroxylation is 1. The molecule has 0 aromatic heterocycles. The minimum atomic E-state index is 0.0629. The van der Waals surface area contributed by atoms with E-state index < -0.39 is 0 Å². The zero-order chi connectivity index (χ0) is 15.5. The van der Waals surface area contributed by atoms with Gasteiger partial charge in [-0.25, -0.2) is 0 Å². The fourth-order valence-corrected chi connectivity index (χ4v) is 2.86. The molecule has 1 aromatic rings. The van der Waals surface area contributed by atoms with Crippen LogP contribution in [0.2, 0.25) is 0 Å².